The lowest BCUT2D eigenvalue weighted by molar-refractivity contribution is -0.141. The molecular formula is C27H33ClN2O4S2. The second-order valence-corrected chi connectivity index (χ2v) is 12.3. The Morgan fingerprint density at radius 3 is 2.83 bits per heavy atom. The van der Waals surface area contributed by atoms with Gasteiger partial charge in [0.05, 0.1) is 34.4 Å². The summed E-state index contributed by atoms with van der Waals surface area (Å²) in [6.45, 7) is 2.82. The molecule has 1 atom stereocenters. The van der Waals surface area contributed by atoms with E-state index >= 15 is 0 Å². The fourth-order valence-electron chi connectivity index (χ4n) is 5.11. The van der Waals surface area contributed by atoms with Crippen LogP contribution < -0.4 is 4.74 Å². The number of pyridine rings is 1. The maximum atomic E-state index is 11.8. The van der Waals surface area contributed by atoms with Crippen LogP contribution in [0.3, 0.4) is 0 Å². The van der Waals surface area contributed by atoms with E-state index in [1.807, 2.05) is 30.0 Å². The summed E-state index contributed by atoms with van der Waals surface area (Å²) in [5.41, 5.74) is 1.05. The van der Waals surface area contributed by atoms with E-state index < -0.39 is 12.1 Å². The molecule has 1 aromatic carbocycles. The number of benzene rings is 1. The SMILES string of the molecule is COc1ccc2ncc(Cl)c([C@H](O)CCC3(CC(=O)O)CCN(CCCSc4cccs4)CC3)c2c1. The lowest BCUT2D eigenvalue weighted by Gasteiger charge is -2.41. The summed E-state index contributed by atoms with van der Waals surface area (Å²) in [4.78, 5) is 18.6. The predicted octanol–water partition coefficient (Wildman–Crippen LogP) is 6.51. The number of hydrogen-bond acceptors (Lipinski definition) is 7. The second kappa shape index (κ2) is 12.6. The van der Waals surface area contributed by atoms with Crippen LogP contribution in [0.1, 0.15) is 50.2 Å². The monoisotopic (exact) mass is 548 g/mol. The molecule has 194 valence electrons. The molecule has 1 saturated heterocycles. The first-order valence-electron chi connectivity index (χ1n) is 12.3. The normalized spacial score (nSPS) is 16.8. The van der Waals surface area contributed by atoms with Gasteiger partial charge in [0.25, 0.3) is 0 Å². The number of carboxylic acids is 1. The van der Waals surface area contributed by atoms with Crippen molar-refractivity contribution in [3.8, 4) is 5.75 Å². The molecule has 0 radical (unpaired) electrons. The first-order valence-corrected chi connectivity index (χ1v) is 14.5. The average Bonchev–Trinajstić information content (AvgIpc) is 3.39. The van der Waals surface area contributed by atoms with Crippen molar-refractivity contribution < 1.29 is 19.7 Å². The van der Waals surface area contributed by atoms with Crippen LogP contribution in [0.15, 0.2) is 46.1 Å². The van der Waals surface area contributed by atoms with E-state index in [1.165, 1.54) is 4.21 Å². The van der Waals surface area contributed by atoms with Crippen LogP contribution in [0, 0.1) is 5.41 Å². The highest BCUT2D eigenvalue weighted by Gasteiger charge is 2.37. The standard InChI is InChI=1S/C27H33ClN2O4S2/c1-34-19-5-6-22-20(16-19)26(21(28)18-29-22)23(31)7-8-27(17-24(32)33)9-12-30(13-10-27)11-3-15-36-25-4-2-14-35-25/h2,4-6,14,16,18,23,31H,3,7-13,15,17H2,1H3,(H,32,33)/t23-/m1/s1. The predicted molar refractivity (Wildman–Crippen MR) is 148 cm³/mol. The van der Waals surface area contributed by atoms with E-state index in [1.54, 1.807) is 24.6 Å². The summed E-state index contributed by atoms with van der Waals surface area (Å²) in [5, 5.41) is 24.1. The number of fused-ring (bicyclic) bond motifs is 1. The number of carboxylic acid groups (broad SMARTS) is 1. The number of aliphatic hydroxyl groups excluding tert-OH is 1. The van der Waals surface area contributed by atoms with Crippen LogP contribution in [0.5, 0.6) is 5.75 Å². The van der Waals surface area contributed by atoms with Crippen molar-refractivity contribution in [2.45, 2.75) is 48.8 Å². The Morgan fingerprint density at radius 1 is 1.33 bits per heavy atom. The van der Waals surface area contributed by atoms with Crippen LogP contribution in [0.25, 0.3) is 10.9 Å². The van der Waals surface area contributed by atoms with Crippen LogP contribution in [0.4, 0.5) is 0 Å². The van der Waals surface area contributed by atoms with Crippen molar-refractivity contribution in [2.75, 3.05) is 32.5 Å². The molecule has 2 N–H and O–H groups in total. The third kappa shape index (κ3) is 6.92. The number of carbonyl (C=O) groups is 1. The number of ether oxygens (including phenoxy) is 1. The number of aliphatic carboxylic acids is 1. The first kappa shape index (κ1) is 27.2. The molecule has 9 heteroatoms. The van der Waals surface area contributed by atoms with Gasteiger partial charge < -0.3 is 19.8 Å². The van der Waals surface area contributed by atoms with Gasteiger partial charge in [-0.3, -0.25) is 9.78 Å². The van der Waals surface area contributed by atoms with Gasteiger partial charge in [-0.1, -0.05) is 17.7 Å². The molecule has 3 heterocycles. The Labute approximate surface area is 225 Å². The van der Waals surface area contributed by atoms with E-state index in [0.29, 0.717) is 29.2 Å². The quantitative estimate of drug-likeness (QED) is 0.197. The molecule has 2 aromatic heterocycles. The molecular weight excluding hydrogens is 516 g/mol. The van der Waals surface area contributed by atoms with Crippen molar-refractivity contribution in [1.82, 2.24) is 9.88 Å². The first-order chi connectivity index (χ1) is 17.4. The molecule has 1 aliphatic rings. The van der Waals surface area contributed by atoms with Crippen molar-refractivity contribution in [2.24, 2.45) is 5.41 Å². The van der Waals surface area contributed by atoms with Crippen molar-refractivity contribution in [3.05, 3.63) is 52.5 Å². The lowest BCUT2D eigenvalue weighted by atomic mass is 9.71. The van der Waals surface area contributed by atoms with Gasteiger partial charge >= 0.3 is 5.97 Å². The lowest BCUT2D eigenvalue weighted by Crippen LogP contribution is -2.41. The number of thiophene rings is 1. The molecule has 36 heavy (non-hydrogen) atoms. The Hall–Kier alpha value is -1.84. The van der Waals surface area contributed by atoms with Crippen LogP contribution >= 0.6 is 34.7 Å². The minimum atomic E-state index is -0.812. The topological polar surface area (TPSA) is 82.9 Å². The summed E-state index contributed by atoms with van der Waals surface area (Å²) in [6, 6.07) is 9.76. The highest BCUT2D eigenvalue weighted by Crippen LogP contribution is 2.43. The zero-order valence-corrected chi connectivity index (χ0v) is 22.9. The molecule has 3 aromatic rings. The van der Waals surface area contributed by atoms with Gasteiger partial charge in [-0.05, 0) is 86.8 Å². The molecule has 0 bridgehead atoms. The number of thioether (sulfide) groups is 1. The van der Waals surface area contributed by atoms with E-state index in [-0.39, 0.29) is 11.8 Å². The van der Waals surface area contributed by atoms with Gasteiger partial charge in [-0.25, -0.2) is 0 Å². The number of likely N-dealkylation sites (tertiary alicyclic amines) is 1. The maximum Gasteiger partial charge on any atom is 0.303 e. The summed E-state index contributed by atoms with van der Waals surface area (Å²) in [5.74, 6) is 0.987. The molecule has 1 aliphatic heterocycles. The van der Waals surface area contributed by atoms with Gasteiger partial charge in [-0.2, -0.15) is 0 Å². The number of piperidine rings is 1. The van der Waals surface area contributed by atoms with E-state index in [9.17, 15) is 15.0 Å². The largest absolute Gasteiger partial charge is 0.497 e. The van der Waals surface area contributed by atoms with E-state index in [0.717, 1.165) is 55.6 Å². The Bertz CT molecular complexity index is 1150. The minimum absolute atomic E-state index is 0.125. The van der Waals surface area contributed by atoms with Crippen molar-refractivity contribution in [3.63, 3.8) is 0 Å². The number of aromatic nitrogens is 1. The van der Waals surface area contributed by atoms with Crippen LogP contribution in [-0.2, 0) is 4.79 Å². The number of hydrogen-bond donors (Lipinski definition) is 2. The highest BCUT2D eigenvalue weighted by molar-refractivity contribution is 8.01. The zero-order chi connectivity index (χ0) is 25.5. The zero-order valence-electron chi connectivity index (χ0n) is 20.5. The third-order valence-corrected chi connectivity index (χ3v) is 9.67. The Morgan fingerprint density at radius 2 is 2.14 bits per heavy atom. The molecule has 0 amide bonds. The summed E-state index contributed by atoms with van der Waals surface area (Å²) < 4.78 is 6.71. The Balaban J connectivity index is 1.37. The van der Waals surface area contributed by atoms with Crippen LogP contribution in [-0.4, -0.2) is 58.6 Å². The van der Waals surface area contributed by atoms with Gasteiger partial charge in [0.2, 0.25) is 0 Å². The van der Waals surface area contributed by atoms with E-state index in [4.69, 9.17) is 16.3 Å². The molecule has 1 fully saturated rings. The summed E-state index contributed by atoms with van der Waals surface area (Å²) >= 11 is 10.2. The second-order valence-electron chi connectivity index (χ2n) is 9.50. The molecule has 0 saturated carbocycles. The summed E-state index contributed by atoms with van der Waals surface area (Å²) in [7, 11) is 1.60. The van der Waals surface area contributed by atoms with Crippen molar-refractivity contribution >= 4 is 51.6 Å². The fraction of sp³-hybridized carbons (Fsp3) is 0.481. The fourth-order valence-corrected chi connectivity index (χ4v) is 7.18. The number of methoxy groups -OCH3 is 1. The molecule has 0 spiro atoms. The van der Waals surface area contributed by atoms with Crippen molar-refractivity contribution in [1.29, 1.82) is 0 Å². The summed E-state index contributed by atoms with van der Waals surface area (Å²) in [6.07, 6.45) is 4.72. The van der Waals surface area contributed by atoms with Gasteiger partial charge in [0, 0.05) is 22.9 Å². The van der Waals surface area contributed by atoms with Gasteiger partial charge in [0.15, 0.2) is 0 Å². The number of nitrogens with zero attached hydrogens (tertiary/aromatic N) is 2. The Kier molecular flexibility index (Phi) is 9.52. The maximum absolute atomic E-state index is 11.8. The third-order valence-electron chi connectivity index (χ3n) is 7.15. The minimum Gasteiger partial charge on any atom is -0.497 e. The average molecular weight is 549 g/mol. The van der Waals surface area contributed by atoms with Gasteiger partial charge in [-0.15, -0.1) is 23.1 Å². The number of rotatable bonds is 12. The van der Waals surface area contributed by atoms with E-state index in [2.05, 4.69) is 27.4 Å². The molecule has 4 rings (SSSR count). The van der Waals surface area contributed by atoms with Gasteiger partial charge in [0.1, 0.15) is 5.75 Å². The van der Waals surface area contributed by atoms with Crippen LogP contribution in [0.2, 0.25) is 5.02 Å². The molecule has 0 unspecified atom stereocenters. The molecule has 6 nitrogen and oxygen atoms in total. The number of halogens is 1. The number of aliphatic hydroxyl groups is 1. The highest BCUT2D eigenvalue weighted by atomic mass is 35.5. The smallest absolute Gasteiger partial charge is 0.303 e. The molecule has 0 aliphatic carbocycles.